The molecule has 0 aromatic heterocycles. The fourth-order valence-electron chi connectivity index (χ4n) is 3.71. The molecule has 0 saturated heterocycles. The Balaban J connectivity index is 2.20. The summed E-state index contributed by atoms with van der Waals surface area (Å²) in [5, 5.41) is 12.9. The van der Waals surface area contributed by atoms with E-state index in [-0.39, 0.29) is 10.6 Å². The van der Waals surface area contributed by atoms with Crippen molar-refractivity contribution in [2.45, 2.75) is 88.3 Å². The minimum atomic E-state index is -5.34. The molecule has 0 aliphatic carbocycles. The molecule has 0 aliphatic rings. The summed E-state index contributed by atoms with van der Waals surface area (Å²) in [6.45, 7) is 9.41. The number of hydrogen-bond acceptors (Lipinski definition) is 9. The van der Waals surface area contributed by atoms with Gasteiger partial charge in [-0.2, -0.15) is 17.6 Å². The highest BCUT2D eigenvalue weighted by atomic mass is 32.2. The Morgan fingerprint density at radius 2 is 1.43 bits per heavy atom. The van der Waals surface area contributed by atoms with Crippen molar-refractivity contribution >= 4 is 44.0 Å². The molecule has 2 aromatic carbocycles. The van der Waals surface area contributed by atoms with Gasteiger partial charge in [-0.25, -0.2) is 26.4 Å². The Kier molecular flexibility index (Phi) is 12.0. The predicted molar refractivity (Wildman–Crippen MR) is 164 cm³/mol. The van der Waals surface area contributed by atoms with E-state index in [9.17, 15) is 44.7 Å². The molecule has 0 bridgehead atoms. The molecule has 256 valence electrons. The van der Waals surface area contributed by atoms with E-state index in [1.54, 1.807) is 47.6 Å². The summed E-state index contributed by atoms with van der Waals surface area (Å²) < 4.78 is 108. The smallest absolute Gasteiger partial charge is 0.421 e. The van der Waals surface area contributed by atoms with Crippen molar-refractivity contribution in [2.24, 2.45) is 4.40 Å². The van der Waals surface area contributed by atoms with Crippen LogP contribution in [0.2, 0.25) is 0 Å². The number of halogens is 3. The van der Waals surface area contributed by atoms with Crippen molar-refractivity contribution in [3.63, 3.8) is 0 Å². The molecule has 2 rings (SSSR count). The van der Waals surface area contributed by atoms with Crippen LogP contribution < -0.4 is 10.0 Å². The number of hydrogen-bond donors (Lipinski definition) is 3. The third kappa shape index (κ3) is 11.9. The SMILES string of the molecule is CC(C)(C)OC(=O)N[C@@H](CC=NS(=O)(=O)CCC(O)(c1ccc(NS(=O)(=O)c2ccccc2)cc1)C(F)(F)F)C(=O)OC(C)(C)C. The molecule has 17 heteroatoms. The van der Waals surface area contributed by atoms with Gasteiger partial charge in [-0.1, -0.05) is 30.3 Å². The summed E-state index contributed by atoms with van der Waals surface area (Å²) in [4.78, 5) is 24.7. The van der Waals surface area contributed by atoms with Gasteiger partial charge in [0.2, 0.25) is 0 Å². The molecular formula is C29H38F3N3O9S2. The minimum absolute atomic E-state index is 0.0883. The second kappa shape index (κ2) is 14.4. The number of ether oxygens (including phenoxy) is 2. The van der Waals surface area contributed by atoms with Crippen molar-refractivity contribution in [3.05, 3.63) is 60.2 Å². The number of sulfonamides is 2. The molecule has 2 atom stereocenters. The topological polar surface area (TPSA) is 178 Å². The maximum absolute atomic E-state index is 14.1. The second-order valence-electron chi connectivity index (χ2n) is 12.1. The zero-order valence-electron chi connectivity index (χ0n) is 26.1. The lowest BCUT2D eigenvalue weighted by Crippen LogP contribution is -2.46. The van der Waals surface area contributed by atoms with E-state index >= 15 is 0 Å². The van der Waals surface area contributed by atoms with Crippen LogP contribution in [0.15, 0.2) is 63.9 Å². The summed E-state index contributed by atoms with van der Waals surface area (Å²) in [6.07, 6.45) is -7.50. The van der Waals surface area contributed by atoms with E-state index in [1.807, 2.05) is 0 Å². The maximum Gasteiger partial charge on any atom is 0.421 e. The number of anilines is 1. The second-order valence-corrected chi connectivity index (χ2v) is 15.6. The number of nitrogens with one attached hydrogen (secondary N) is 2. The first-order valence-corrected chi connectivity index (χ1v) is 16.9. The van der Waals surface area contributed by atoms with Gasteiger partial charge >= 0.3 is 18.2 Å². The average Bonchev–Trinajstić information content (AvgIpc) is 2.89. The molecule has 0 radical (unpaired) electrons. The normalized spacial score (nSPS) is 15.1. The van der Waals surface area contributed by atoms with Crippen molar-refractivity contribution in [1.29, 1.82) is 0 Å². The van der Waals surface area contributed by atoms with Gasteiger partial charge in [0.05, 0.1) is 10.6 Å². The highest BCUT2D eigenvalue weighted by Crippen LogP contribution is 2.42. The first-order chi connectivity index (χ1) is 20.8. The lowest BCUT2D eigenvalue weighted by molar-refractivity contribution is -0.267. The van der Waals surface area contributed by atoms with Crippen LogP contribution in [0.5, 0.6) is 0 Å². The van der Waals surface area contributed by atoms with Crippen molar-refractivity contribution in [2.75, 3.05) is 10.5 Å². The van der Waals surface area contributed by atoms with E-state index in [2.05, 4.69) is 14.4 Å². The fraction of sp³-hybridized carbons (Fsp3) is 0.483. The summed E-state index contributed by atoms with van der Waals surface area (Å²) in [6, 6.07) is 9.38. The minimum Gasteiger partial charge on any atom is -0.458 e. The standard InChI is InChI=1S/C29H38F3N3O9S2/c1-26(2,3)43-24(36)23(34-25(37)44-27(4,5)6)16-18-33-45(39,40)19-17-28(38,29(30,31)32)20-12-14-21(15-13-20)35-46(41,42)22-10-8-7-9-11-22/h7-15,18,23,35,38H,16-17,19H2,1-6H3,(H,34,37)/t23-,28?/m0/s1. The van der Waals surface area contributed by atoms with E-state index in [4.69, 9.17) is 9.47 Å². The number of rotatable bonds is 12. The van der Waals surface area contributed by atoms with Gasteiger partial charge in [0, 0.05) is 24.7 Å². The van der Waals surface area contributed by atoms with Crippen LogP contribution >= 0.6 is 0 Å². The highest BCUT2D eigenvalue weighted by molar-refractivity contribution is 7.92. The van der Waals surface area contributed by atoms with Crippen LogP contribution in [-0.4, -0.2) is 69.4 Å². The van der Waals surface area contributed by atoms with E-state index in [0.717, 1.165) is 30.5 Å². The van der Waals surface area contributed by atoms with Gasteiger partial charge in [-0.05, 0) is 71.4 Å². The molecular weight excluding hydrogens is 655 g/mol. The first kappa shape index (κ1) is 38.5. The number of carbonyl (C=O) groups excluding carboxylic acids is 2. The van der Waals surface area contributed by atoms with Crippen LogP contribution in [0.1, 0.15) is 59.9 Å². The Morgan fingerprint density at radius 3 is 1.93 bits per heavy atom. The lowest BCUT2D eigenvalue weighted by atomic mass is 9.90. The molecule has 0 heterocycles. The Bertz CT molecular complexity index is 1600. The molecule has 0 aliphatic heterocycles. The third-order valence-corrected chi connectivity index (χ3v) is 8.40. The summed E-state index contributed by atoms with van der Waals surface area (Å²) in [5.41, 5.74) is -6.39. The number of alkyl halides is 3. The number of alkyl carbamates (subject to hydrolysis) is 1. The summed E-state index contributed by atoms with van der Waals surface area (Å²) in [5.74, 6) is -2.21. The average molecular weight is 694 g/mol. The van der Waals surface area contributed by atoms with E-state index in [0.29, 0.717) is 0 Å². The fourth-order valence-corrected chi connectivity index (χ4v) is 5.76. The van der Waals surface area contributed by atoms with Crippen LogP contribution in [-0.2, 0) is 39.9 Å². The molecule has 1 amide bonds. The van der Waals surface area contributed by atoms with Crippen molar-refractivity contribution in [1.82, 2.24) is 5.32 Å². The van der Waals surface area contributed by atoms with Crippen LogP contribution in [0, 0.1) is 0 Å². The quantitative estimate of drug-likeness (QED) is 0.211. The molecule has 0 spiro atoms. The molecule has 12 nitrogen and oxygen atoms in total. The zero-order chi connectivity index (χ0) is 35.2. The maximum atomic E-state index is 14.1. The number of esters is 1. The Morgan fingerprint density at radius 1 is 0.891 bits per heavy atom. The number of nitrogens with zero attached hydrogens (tertiary/aromatic N) is 1. The van der Waals surface area contributed by atoms with Gasteiger partial charge < -0.3 is 19.9 Å². The largest absolute Gasteiger partial charge is 0.458 e. The van der Waals surface area contributed by atoms with Gasteiger partial charge in [-0.3, -0.25) is 4.72 Å². The molecule has 0 fully saturated rings. The van der Waals surface area contributed by atoms with Gasteiger partial charge in [0.15, 0.2) is 5.60 Å². The number of aliphatic hydroxyl groups is 1. The predicted octanol–water partition coefficient (Wildman–Crippen LogP) is 4.65. The molecule has 2 aromatic rings. The summed E-state index contributed by atoms with van der Waals surface area (Å²) in [7, 11) is -8.69. The van der Waals surface area contributed by atoms with Crippen LogP contribution in [0.3, 0.4) is 0 Å². The number of amides is 1. The van der Waals surface area contributed by atoms with Gasteiger partial charge in [0.1, 0.15) is 17.2 Å². The van der Waals surface area contributed by atoms with Crippen LogP contribution in [0.4, 0.5) is 23.7 Å². The van der Waals surface area contributed by atoms with Crippen LogP contribution in [0.25, 0.3) is 0 Å². The van der Waals surface area contributed by atoms with Gasteiger partial charge in [-0.15, -0.1) is 0 Å². The van der Waals surface area contributed by atoms with Crippen molar-refractivity contribution in [3.8, 4) is 0 Å². The molecule has 0 saturated carbocycles. The van der Waals surface area contributed by atoms with Crippen molar-refractivity contribution < 1.29 is 54.2 Å². The molecule has 1 unspecified atom stereocenters. The van der Waals surface area contributed by atoms with E-state index < -0.39 is 85.3 Å². The Labute approximate surface area is 266 Å². The highest BCUT2D eigenvalue weighted by Gasteiger charge is 2.55. The first-order valence-electron chi connectivity index (χ1n) is 13.8. The monoisotopic (exact) mass is 693 g/mol. The molecule has 3 N–H and O–H groups in total. The third-order valence-electron chi connectivity index (χ3n) is 5.82. The van der Waals surface area contributed by atoms with Gasteiger partial charge in [0.25, 0.3) is 20.0 Å². The zero-order valence-corrected chi connectivity index (χ0v) is 27.7. The number of benzene rings is 2. The molecule has 46 heavy (non-hydrogen) atoms. The summed E-state index contributed by atoms with van der Waals surface area (Å²) >= 11 is 0. The Hall–Kier alpha value is -3.70. The van der Waals surface area contributed by atoms with E-state index in [1.165, 1.54) is 24.3 Å². The number of carbonyl (C=O) groups is 2. The lowest BCUT2D eigenvalue weighted by Gasteiger charge is -2.31.